The summed E-state index contributed by atoms with van der Waals surface area (Å²) in [5.41, 5.74) is 0. The van der Waals surface area contributed by atoms with Gasteiger partial charge in [0.05, 0.1) is 32.6 Å². The van der Waals surface area contributed by atoms with E-state index in [1.807, 2.05) is 0 Å². The molecule has 0 aromatic carbocycles. The molecule has 12 nitrogen and oxygen atoms in total. The number of carbonyl (C=O) groups excluding carboxylic acids is 1. The molecule has 0 aromatic rings. The minimum atomic E-state index is -5.24. The fourth-order valence-electron chi connectivity index (χ4n) is 3.19. The van der Waals surface area contributed by atoms with Crippen LogP contribution in [0.3, 0.4) is 0 Å². The van der Waals surface area contributed by atoms with Crippen LogP contribution in [0.4, 0.5) is 0 Å². The van der Waals surface area contributed by atoms with Crippen molar-refractivity contribution in [2.75, 3.05) is 13.2 Å². The van der Waals surface area contributed by atoms with E-state index >= 15 is 0 Å². The maximum Gasteiger partial charge on any atom is 0.343 e. The molecular weight excluding hydrogens is 491 g/mol. The summed E-state index contributed by atoms with van der Waals surface area (Å²) >= 11 is 0. The Bertz CT molecular complexity index is 772. The van der Waals surface area contributed by atoms with Gasteiger partial charge in [0.1, 0.15) is 20.1 Å². The number of carbonyl (C=O) groups is 1. The van der Waals surface area contributed by atoms with E-state index in [-0.39, 0.29) is 38.1 Å². The average molecular weight is 519 g/mol. The Hall–Kier alpha value is -0.195. The Morgan fingerprint density at radius 2 is 1.74 bits per heavy atom. The molecule has 2 heterocycles. The summed E-state index contributed by atoms with van der Waals surface area (Å²) < 4.78 is 59.8. The molecule has 2 rings (SSSR count). The first kappa shape index (κ1) is 30.0. The van der Waals surface area contributed by atoms with E-state index < -0.39 is 58.0 Å². The zero-order valence-electron chi connectivity index (χ0n) is 19.5. The van der Waals surface area contributed by atoms with Crippen LogP contribution in [-0.4, -0.2) is 84.5 Å². The third-order valence-corrected chi connectivity index (χ3v) is 6.62. The molecule has 5 radical (unpaired) electrons. The van der Waals surface area contributed by atoms with Crippen LogP contribution in [0.1, 0.15) is 40.5 Å². The summed E-state index contributed by atoms with van der Waals surface area (Å²) in [5, 5.41) is 0. The molecule has 0 saturated carbocycles. The van der Waals surface area contributed by atoms with Crippen molar-refractivity contribution in [3.05, 3.63) is 0 Å². The van der Waals surface area contributed by atoms with Crippen molar-refractivity contribution in [3.63, 3.8) is 0 Å². The summed E-state index contributed by atoms with van der Waals surface area (Å²) in [7, 11) is 2.28. The van der Waals surface area contributed by atoms with Gasteiger partial charge in [0.2, 0.25) is 0 Å². The van der Waals surface area contributed by atoms with Gasteiger partial charge < -0.3 is 42.1 Å². The minimum absolute atomic E-state index is 0.0201. The highest BCUT2D eigenvalue weighted by Gasteiger charge is 2.44. The predicted octanol–water partition coefficient (Wildman–Crippen LogP) is -0.479. The molecule has 2 aliphatic rings. The van der Waals surface area contributed by atoms with Crippen molar-refractivity contribution < 1.29 is 56.0 Å². The van der Waals surface area contributed by atoms with Crippen LogP contribution in [0.15, 0.2) is 0 Å². The second-order valence-electron chi connectivity index (χ2n) is 8.64. The third kappa shape index (κ3) is 9.69. The van der Waals surface area contributed by atoms with E-state index in [0.717, 1.165) is 0 Å². The monoisotopic (exact) mass is 519 g/mol. The molecule has 0 aromatic heterocycles. The SMILES string of the molecule is [B][B]C1CC(OP(=O)([O-])OC(=O)C2OC([B])CC2OP(=O)([O-])OCC(C)C)C(COC(C)C)O1. The van der Waals surface area contributed by atoms with E-state index in [9.17, 15) is 23.7 Å². The van der Waals surface area contributed by atoms with E-state index in [4.69, 9.17) is 43.4 Å². The predicted molar refractivity (Wildman–Crippen MR) is 117 cm³/mol. The van der Waals surface area contributed by atoms with Crippen LogP contribution >= 0.6 is 15.6 Å². The molecule has 8 atom stereocenters. The molecule has 0 aliphatic carbocycles. The van der Waals surface area contributed by atoms with Gasteiger partial charge in [-0.3, -0.25) is 9.13 Å². The fourth-order valence-corrected chi connectivity index (χ4v) is 5.18. The lowest BCUT2D eigenvalue weighted by Gasteiger charge is -2.31. The normalized spacial score (nSPS) is 33.1. The zero-order chi connectivity index (χ0) is 25.7. The summed E-state index contributed by atoms with van der Waals surface area (Å²) in [5.74, 6) is -1.56. The maximum absolute atomic E-state index is 12.5. The standard InChI is InChI=1S/C17H30B3O12P2/c1-9(2)7-27-33(22,23)31-12-5-14(18)29-16(12)17(21)32-34(24,25)30-11-6-15(20-19)28-13(11)8-26-10(3)4/h9-16H,5-8H2,1-4H3,(H,22,23)(H,24,25)/p-2. The highest BCUT2D eigenvalue weighted by molar-refractivity contribution is 7.46. The van der Waals surface area contributed by atoms with Gasteiger partial charge in [-0.05, 0) is 32.6 Å². The molecular formula is C17H28B3O12P2-2. The van der Waals surface area contributed by atoms with Gasteiger partial charge >= 0.3 is 13.8 Å². The largest absolute Gasteiger partial charge is 0.756 e. The van der Waals surface area contributed by atoms with E-state index in [1.54, 1.807) is 27.7 Å². The molecule has 2 fully saturated rings. The number of phosphoric acid groups is 2. The lowest BCUT2D eigenvalue weighted by molar-refractivity contribution is -0.234. The van der Waals surface area contributed by atoms with Gasteiger partial charge in [0.25, 0.3) is 7.82 Å². The molecule has 8 unspecified atom stereocenters. The van der Waals surface area contributed by atoms with Crippen LogP contribution in [0.5, 0.6) is 0 Å². The molecule has 17 heteroatoms. The number of phosphoric ester groups is 2. The number of rotatable bonds is 13. The molecule has 0 bridgehead atoms. The van der Waals surface area contributed by atoms with Crippen molar-refractivity contribution in [2.45, 2.75) is 83.1 Å². The van der Waals surface area contributed by atoms with Crippen molar-refractivity contribution in [3.8, 4) is 0 Å². The van der Waals surface area contributed by atoms with Gasteiger partial charge in [-0.25, -0.2) is 4.79 Å². The van der Waals surface area contributed by atoms with Crippen LogP contribution in [0.2, 0.25) is 0 Å². The molecule has 2 saturated heterocycles. The highest BCUT2D eigenvalue weighted by atomic mass is 31.2. The van der Waals surface area contributed by atoms with Crippen LogP contribution in [-0.2, 0) is 46.2 Å². The van der Waals surface area contributed by atoms with Gasteiger partial charge in [-0.15, -0.1) is 0 Å². The second-order valence-corrected chi connectivity index (χ2v) is 11.3. The van der Waals surface area contributed by atoms with Gasteiger partial charge in [0, 0.05) is 19.7 Å². The summed E-state index contributed by atoms with van der Waals surface area (Å²) in [6.07, 6.45) is -5.30. The molecule has 0 N–H and O–H groups in total. The lowest BCUT2D eigenvalue weighted by Crippen LogP contribution is -2.36. The van der Waals surface area contributed by atoms with Crippen LogP contribution < -0.4 is 9.79 Å². The first-order valence-corrected chi connectivity index (χ1v) is 13.7. The second kappa shape index (κ2) is 12.9. The molecule has 0 amide bonds. The first-order chi connectivity index (χ1) is 15.7. The molecule has 0 spiro atoms. The Morgan fingerprint density at radius 1 is 1.09 bits per heavy atom. The number of ether oxygens (including phenoxy) is 3. The molecule has 34 heavy (non-hydrogen) atoms. The van der Waals surface area contributed by atoms with E-state index in [1.165, 1.54) is 7.17 Å². The average Bonchev–Trinajstić information content (AvgIpc) is 3.26. The van der Waals surface area contributed by atoms with E-state index in [2.05, 4.69) is 4.52 Å². The van der Waals surface area contributed by atoms with Gasteiger partial charge in [-0.2, -0.15) is 0 Å². The molecule has 189 valence electrons. The van der Waals surface area contributed by atoms with E-state index in [0.29, 0.717) is 0 Å². The minimum Gasteiger partial charge on any atom is -0.756 e. The van der Waals surface area contributed by atoms with Crippen LogP contribution in [0, 0.1) is 5.92 Å². The topological polar surface area (TPSA) is 162 Å². The van der Waals surface area contributed by atoms with Crippen molar-refractivity contribution in [1.82, 2.24) is 0 Å². The number of hydrogen-bond acceptors (Lipinski definition) is 12. The summed E-state index contributed by atoms with van der Waals surface area (Å²) in [6, 6.07) is -1.69. The highest BCUT2D eigenvalue weighted by Crippen LogP contribution is 2.47. The summed E-state index contributed by atoms with van der Waals surface area (Å²) in [6.45, 7) is 6.90. The Labute approximate surface area is 202 Å². The smallest absolute Gasteiger partial charge is 0.343 e. The quantitative estimate of drug-likeness (QED) is 0.228. The fraction of sp³-hybridized carbons (Fsp3) is 0.941. The van der Waals surface area contributed by atoms with Crippen LogP contribution in [0.25, 0.3) is 0 Å². The van der Waals surface area contributed by atoms with Crippen molar-refractivity contribution in [2.24, 2.45) is 5.92 Å². The zero-order valence-corrected chi connectivity index (χ0v) is 21.3. The Kier molecular flexibility index (Phi) is 11.4. The Balaban J connectivity index is 2.01. The maximum atomic E-state index is 12.5. The summed E-state index contributed by atoms with van der Waals surface area (Å²) in [4.78, 5) is 37.0. The first-order valence-electron chi connectivity index (χ1n) is 10.8. The van der Waals surface area contributed by atoms with Gasteiger partial charge in [-0.1, -0.05) is 13.8 Å². The van der Waals surface area contributed by atoms with Crippen molar-refractivity contribution in [1.29, 1.82) is 0 Å². The lowest BCUT2D eigenvalue weighted by atomic mass is 9.51. The molecule has 2 aliphatic heterocycles. The Morgan fingerprint density at radius 3 is 2.32 bits per heavy atom. The van der Waals surface area contributed by atoms with Gasteiger partial charge in [0.15, 0.2) is 6.10 Å². The third-order valence-electron chi connectivity index (χ3n) is 4.69. The number of hydrogen-bond donors (Lipinski definition) is 0. The van der Waals surface area contributed by atoms with Crippen molar-refractivity contribution >= 4 is 44.4 Å².